The number of nitrogens with zero attached hydrogens (tertiary/aromatic N) is 1. The second-order valence-corrected chi connectivity index (χ2v) is 5.87. The van der Waals surface area contributed by atoms with Crippen molar-refractivity contribution in [3.63, 3.8) is 0 Å². The van der Waals surface area contributed by atoms with Crippen molar-refractivity contribution in [2.75, 3.05) is 0 Å². The minimum Gasteiger partial charge on any atom is -0.386 e. The molecule has 0 spiro atoms. The molecule has 7 heteroatoms. The number of nitrogens with one attached hydrogen (secondary N) is 1. The van der Waals surface area contributed by atoms with Crippen LogP contribution < -0.4 is 5.32 Å². The first-order valence-corrected chi connectivity index (χ1v) is 7.50. The standard InChI is InChI=1S/C14H14ClFN2O2S/c1-7(18-14(20)13-8(2)17-6-21-13)12(19)11-9(15)4-3-5-10(11)16/h3-7,12,19H,1-2H3,(H,18,20). The minimum atomic E-state index is -1.24. The van der Waals surface area contributed by atoms with Crippen LogP contribution in [-0.2, 0) is 0 Å². The molecule has 21 heavy (non-hydrogen) atoms. The summed E-state index contributed by atoms with van der Waals surface area (Å²) < 4.78 is 13.8. The third-order valence-corrected chi connectivity index (χ3v) is 4.34. The zero-order chi connectivity index (χ0) is 15.6. The summed E-state index contributed by atoms with van der Waals surface area (Å²) in [5, 5.41) is 13.0. The molecule has 2 atom stereocenters. The molecule has 4 nitrogen and oxygen atoms in total. The molecule has 0 aliphatic heterocycles. The smallest absolute Gasteiger partial charge is 0.263 e. The Bertz CT molecular complexity index is 642. The summed E-state index contributed by atoms with van der Waals surface area (Å²) in [4.78, 5) is 16.5. The lowest BCUT2D eigenvalue weighted by molar-refractivity contribution is 0.0849. The summed E-state index contributed by atoms with van der Waals surface area (Å²) >= 11 is 7.12. The number of rotatable bonds is 4. The molecule has 0 aliphatic carbocycles. The molecule has 1 amide bonds. The van der Waals surface area contributed by atoms with Gasteiger partial charge < -0.3 is 10.4 Å². The topological polar surface area (TPSA) is 62.2 Å². The first kappa shape index (κ1) is 15.9. The number of hydrogen-bond acceptors (Lipinski definition) is 4. The maximum Gasteiger partial charge on any atom is 0.263 e. The van der Waals surface area contributed by atoms with Gasteiger partial charge in [-0.3, -0.25) is 4.79 Å². The van der Waals surface area contributed by atoms with Crippen molar-refractivity contribution >= 4 is 28.8 Å². The Hall–Kier alpha value is -1.50. The predicted molar refractivity (Wildman–Crippen MR) is 80.1 cm³/mol. The van der Waals surface area contributed by atoms with Crippen molar-refractivity contribution in [3.8, 4) is 0 Å². The van der Waals surface area contributed by atoms with Gasteiger partial charge in [0.2, 0.25) is 0 Å². The molecule has 2 unspecified atom stereocenters. The Labute approximate surface area is 130 Å². The first-order valence-electron chi connectivity index (χ1n) is 6.24. The summed E-state index contributed by atoms with van der Waals surface area (Å²) in [7, 11) is 0. The number of aliphatic hydroxyl groups is 1. The number of aromatic nitrogens is 1. The molecule has 0 aliphatic rings. The normalized spacial score (nSPS) is 13.8. The van der Waals surface area contributed by atoms with Crippen molar-refractivity contribution in [2.24, 2.45) is 0 Å². The molecule has 1 aromatic carbocycles. The molecular formula is C14H14ClFN2O2S. The third kappa shape index (κ3) is 3.40. The van der Waals surface area contributed by atoms with Gasteiger partial charge in [0.25, 0.3) is 5.91 Å². The van der Waals surface area contributed by atoms with Crippen LogP contribution in [0.1, 0.15) is 34.0 Å². The monoisotopic (exact) mass is 328 g/mol. The molecular weight excluding hydrogens is 315 g/mol. The highest BCUT2D eigenvalue weighted by atomic mass is 35.5. The van der Waals surface area contributed by atoms with Crippen molar-refractivity contribution < 1.29 is 14.3 Å². The third-order valence-electron chi connectivity index (χ3n) is 3.08. The van der Waals surface area contributed by atoms with Gasteiger partial charge in [-0.2, -0.15) is 0 Å². The van der Waals surface area contributed by atoms with E-state index in [0.29, 0.717) is 10.6 Å². The van der Waals surface area contributed by atoms with Gasteiger partial charge in [0.15, 0.2) is 0 Å². The van der Waals surface area contributed by atoms with Crippen LogP contribution in [0.15, 0.2) is 23.7 Å². The van der Waals surface area contributed by atoms with E-state index >= 15 is 0 Å². The molecule has 112 valence electrons. The number of amides is 1. The summed E-state index contributed by atoms with van der Waals surface area (Å²) in [6.45, 7) is 3.31. The van der Waals surface area contributed by atoms with E-state index in [4.69, 9.17) is 11.6 Å². The SMILES string of the molecule is Cc1ncsc1C(=O)NC(C)C(O)c1c(F)cccc1Cl. The maximum atomic E-state index is 13.8. The Morgan fingerprint density at radius 3 is 2.81 bits per heavy atom. The average Bonchev–Trinajstić information content (AvgIpc) is 2.84. The van der Waals surface area contributed by atoms with E-state index in [1.165, 1.54) is 29.5 Å². The van der Waals surface area contributed by atoms with Crippen molar-refractivity contribution in [1.29, 1.82) is 0 Å². The second-order valence-electron chi connectivity index (χ2n) is 4.61. The number of benzene rings is 1. The Morgan fingerprint density at radius 2 is 2.24 bits per heavy atom. The van der Waals surface area contributed by atoms with Crippen LogP contribution in [0.5, 0.6) is 0 Å². The minimum absolute atomic E-state index is 0.0204. The fourth-order valence-corrected chi connectivity index (χ4v) is 2.89. The number of aliphatic hydroxyl groups excluding tert-OH is 1. The molecule has 2 aromatic rings. The van der Waals surface area contributed by atoms with Gasteiger partial charge in [-0.25, -0.2) is 9.37 Å². The molecule has 2 rings (SSSR count). The number of hydrogen-bond donors (Lipinski definition) is 2. The van der Waals surface area contributed by atoms with Crippen molar-refractivity contribution in [1.82, 2.24) is 10.3 Å². The van der Waals surface area contributed by atoms with Gasteiger partial charge in [-0.1, -0.05) is 17.7 Å². The van der Waals surface area contributed by atoms with Gasteiger partial charge in [0.1, 0.15) is 16.8 Å². The number of aryl methyl sites for hydroxylation is 1. The maximum absolute atomic E-state index is 13.8. The summed E-state index contributed by atoms with van der Waals surface area (Å²) in [6.07, 6.45) is -1.24. The van der Waals surface area contributed by atoms with Crippen LogP contribution in [0, 0.1) is 12.7 Å². The zero-order valence-electron chi connectivity index (χ0n) is 11.4. The van der Waals surface area contributed by atoms with Gasteiger partial charge in [0.05, 0.1) is 17.2 Å². The van der Waals surface area contributed by atoms with Crippen LogP contribution in [0.25, 0.3) is 0 Å². The van der Waals surface area contributed by atoms with Crippen molar-refractivity contribution in [3.05, 3.63) is 50.7 Å². The molecule has 0 saturated heterocycles. The van der Waals surface area contributed by atoms with Gasteiger partial charge in [-0.15, -0.1) is 11.3 Å². The quantitative estimate of drug-likeness (QED) is 0.906. The van der Waals surface area contributed by atoms with E-state index in [1.807, 2.05) is 0 Å². The number of thiazole rings is 1. The van der Waals surface area contributed by atoms with E-state index < -0.39 is 18.0 Å². The number of carbonyl (C=O) groups excluding carboxylic acids is 1. The van der Waals surface area contributed by atoms with Crippen LogP contribution in [-0.4, -0.2) is 22.0 Å². The van der Waals surface area contributed by atoms with Gasteiger partial charge >= 0.3 is 0 Å². The van der Waals surface area contributed by atoms with E-state index in [-0.39, 0.29) is 16.5 Å². The predicted octanol–water partition coefficient (Wildman–Crippen LogP) is 3.10. The first-order chi connectivity index (χ1) is 9.91. The summed E-state index contributed by atoms with van der Waals surface area (Å²) in [5.41, 5.74) is 2.16. The second kappa shape index (κ2) is 6.51. The fourth-order valence-electron chi connectivity index (χ4n) is 1.91. The number of carbonyl (C=O) groups is 1. The molecule has 2 N–H and O–H groups in total. The van der Waals surface area contributed by atoms with Gasteiger partial charge in [0, 0.05) is 10.6 Å². The van der Waals surface area contributed by atoms with Crippen LogP contribution in [0.2, 0.25) is 5.02 Å². The highest BCUT2D eigenvalue weighted by Crippen LogP contribution is 2.28. The lowest BCUT2D eigenvalue weighted by Gasteiger charge is -2.21. The molecule has 0 bridgehead atoms. The largest absolute Gasteiger partial charge is 0.386 e. The van der Waals surface area contributed by atoms with Crippen LogP contribution in [0.3, 0.4) is 0 Å². The summed E-state index contributed by atoms with van der Waals surface area (Å²) in [6, 6.07) is 3.46. The Balaban J connectivity index is 2.15. The average molecular weight is 329 g/mol. The lowest BCUT2D eigenvalue weighted by atomic mass is 10.0. The van der Waals surface area contributed by atoms with Crippen LogP contribution in [0.4, 0.5) is 4.39 Å². The molecule has 0 saturated carbocycles. The molecule has 1 aromatic heterocycles. The molecule has 1 heterocycles. The Morgan fingerprint density at radius 1 is 1.52 bits per heavy atom. The van der Waals surface area contributed by atoms with Crippen LogP contribution >= 0.6 is 22.9 Å². The van der Waals surface area contributed by atoms with E-state index in [1.54, 1.807) is 19.4 Å². The van der Waals surface area contributed by atoms with Gasteiger partial charge in [-0.05, 0) is 26.0 Å². The van der Waals surface area contributed by atoms with Crippen molar-refractivity contribution in [2.45, 2.75) is 26.0 Å². The highest BCUT2D eigenvalue weighted by molar-refractivity contribution is 7.11. The van der Waals surface area contributed by atoms with E-state index in [2.05, 4.69) is 10.3 Å². The number of halogens is 2. The summed E-state index contributed by atoms with van der Waals surface area (Å²) in [5.74, 6) is -0.959. The highest BCUT2D eigenvalue weighted by Gasteiger charge is 2.25. The molecule has 0 fully saturated rings. The zero-order valence-corrected chi connectivity index (χ0v) is 13.0. The Kier molecular flexibility index (Phi) is 4.92. The lowest BCUT2D eigenvalue weighted by Crippen LogP contribution is -2.37. The van der Waals surface area contributed by atoms with E-state index in [9.17, 15) is 14.3 Å². The fraction of sp³-hybridized carbons (Fsp3) is 0.286. The van der Waals surface area contributed by atoms with E-state index in [0.717, 1.165) is 0 Å². The molecule has 0 radical (unpaired) electrons.